The molecule has 0 radical (unpaired) electrons. The van der Waals surface area contributed by atoms with Gasteiger partial charge in [0.15, 0.2) is 0 Å². The topological polar surface area (TPSA) is 0 Å². The fourth-order valence-corrected chi connectivity index (χ4v) is 0.506. The van der Waals surface area contributed by atoms with E-state index in [0.717, 1.165) is 0 Å². The van der Waals surface area contributed by atoms with E-state index in [-0.39, 0.29) is 0 Å². The van der Waals surface area contributed by atoms with Gasteiger partial charge in [0.25, 0.3) is 0 Å². The average Bonchev–Trinajstić information content (AvgIpc) is 1.80. The Morgan fingerprint density at radius 2 is 1.33 bits per heavy atom. The van der Waals surface area contributed by atoms with Gasteiger partial charge in [-0.25, -0.2) is 8.78 Å². The summed E-state index contributed by atoms with van der Waals surface area (Å²) in [7, 11) is 0. The van der Waals surface area contributed by atoms with E-state index in [4.69, 9.17) is 0 Å². The van der Waals surface area contributed by atoms with Gasteiger partial charge < -0.3 is 0 Å². The van der Waals surface area contributed by atoms with Crippen molar-refractivity contribution in [1.82, 2.24) is 0 Å². The van der Waals surface area contributed by atoms with E-state index in [1.54, 1.807) is 0 Å². The molecule has 0 aliphatic rings. The second kappa shape index (κ2) is 3.45. The van der Waals surface area contributed by atoms with Crippen LogP contribution < -0.4 is 0 Å². The minimum Gasteiger partial charge on any atom is -0.201 e. The van der Waals surface area contributed by atoms with E-state index >= 15 is 0 Å². The molecule has 8 heteroatoms. The van der Waals surface area contributed by atoms with Crippen molar-refractivity contribution in [3.05, 3.63) is 11.7 Å². The van der Waals surface area contributed by atoms with Gasteiger partial charge in [0.2, 0.25) is 11.7 Å². The minimum atomic E-state index is -4.76. The third kappa shape index (κ3) is 3.22. The monoisotopic (exact) mass is 276 g/mol. The van der Waals surface area contributed by atoms with E-state index in [2.05, 4.69) is 11.6 Å². The molecule has 12 heavy (non-hydrogen) atoms. The van der Waals surface area contributed by atoms with Gasteiger partial charge in [-0.1, -0.05) is 0 Å². The zero-order valence-electron chi connectivity index (χ0n) is 5.02. The van der Waals surface area contributed by atoms with Crippen LogP contribution >= 0.6 is 27.5 Å². The van der Waals surface area contributed by atoms with E-state index < -0.39 is 21.9 Å². The number of hydrogen-bond donors (Lipinski definition) is 0. The van der Waals surface area contributed by atoms with Crippen molar-refractivity contribution in [2.45, 2.75) is 10.2 Å². The molecular weight excluding hydrogens is 277 g/mol. The average molecular weight is 277 g/mol. The Hall–Kier alpha value is 0.0900. The molecule has 0 aromatic heterocycles. The molecule has 0 nitrogen and oxygen atoms in total. The van der Waals surface area contributed by atoms with Crippen LogP contribution in [0.25, 0.3) is 0 Å². The normalized spacial score (nSPS) is 16.0. The lowest BCUT2D eigenvalue weighted by atomic mass is 10.4. The summed E-state index contributed by atoms with van der Waals surface area (Å²) in [5.74, 6) is -5.95. The van der Waals surface area contributed by atoms with Crippen LogP contribution in [0.15, 0.2) is 11.7 Å². The van der Waals surface area contributed by atoms with Gasteiger partial charge in [0, 0.05) is 0 Å². The van der Waals surface area contributed by atoms with Gasteiger partial charge in [-0.15, -0.1) is 0 Å². The molecular formula is C4BrClF6. The molecule has 0 unspecified atom stereocenters. The second-order valence-electron chi connectivity index (χ2n) is 1.62. The van der Waals surface area contributed by atoms with E-state index in [1.807, 2.05) is 0 Å². The molecule has 0 heterocycles. The summed E-state index contributed by atoms with van der Waals surface area (Å²) in [6.07, 6.45) is 0. The SMILES string of the molecule is FC(=C(F)C(F)(F)Br)C(F)(F)Cl. The summed E-state index contributed by atoms with van der Waals surface area (Å²) in [6.45, 7) is 0. The van der Waals surface area contributed by atoms with Crippen LogP contribution in [0.2, 0.25) is 0 Å². The lowest BCUT2D eigenvalue weighted by Gasteiger charge is -2.09. The molecule has 0 aliphatic heterocycles. The highest BCUT2D eigenvalue weighted by atomic mass is 79.9. The van der Waals surface area contributed by atoms with Gasteiger partial charge in [-0.2, -0.15) is 17.6 Å². The van der Waals surface area contributed by atoms with Crippen LogP contribution in [0.4, 0.5) is 26.3 Å². The molecule has 0 fully saturated rings. The van der Waals surface area contributed by atoms with Crippen molar-refractivity contribution in [3.8, 4) is 0 Å². The first-order valence-corrected chi connectivity index (χ1v) is 3.43. The van der Waals surface area contributed by atoms with Crippen LogP contribution in [0.3, 0.4) is 0 Å². The summed E-state index contributed by atoms with van der Waals surface area (Å²) in [5, 5.41) is -4.76. The van der Waals surface area contributed by atoms with Crippen molar-refractivity contribution >= 4 is 27.5 Å². The Morgan fingerprint density at radius 1 is 1.00 bits per heavy atom. The van der Waals surface area contributed by atoms with Crippen LogP contribution in [0.1, 0.15) is 0 Å². The lowest BCUT2D eigenvalue weighted by Crippen LogP contribution is -2.15. The molecule has 0 spiro atoms. The molecule has 0 saturated heterocycles. The molecule has 0 saturated carbocycles. The Bertz CT molecular complexity index is 179. The third-order valence-electron chi connectivity index (χ3n) is 0.690. The standard InChI is InChI=1S/C4BrClF6/c5-3(9,10)1(7)2(8)4(6,11)12. The van der Waals surface area contributed by atoms with Gasteiger partial charge in [0.1, 0.15) is 0 Å². The molecule has 0 aromatic rings. The minimum absolute atomic E-state index is 1.34. The fraction of sp³-hybridized carbons (Fsp3) is 0.500. The lowest BCUT2D eigenvalue weighted by molar-refractivity contribution is 0.0775. The van der Waals surface area contributed by atoms with Crippen molar-refractivity contribution in [2.75, 3.05) is 0 Å². The van der Waals surface area contributed by atoms with Crippen molar-refractivity contribution < 1.29 is 26.3 Å². The largest absolute Gasteiger partial charge is 0.376 e. The molecule has 0 amide bonds. The number of alkyl halides is 6. The van der Waals surface area contributed by atoms with E-state index in [9.17, 15) is 26.3 Å². The Morgan fingerprint density at radius 3 is 1.42 bits per heavy atom. The zero-order chi connectivity index (χ0) is 10.2. The van der Waals surface area contributed by atoms with Gasteiger partial charge in [-0.05, 0) is 27.5 Å². The maximum Gasteiger partial charge on any atom is 0.376 e. The molecule has 72 valence electrons. The Kier molecular flexibility index (Phi) is 3.48. The van der Waals surface area contributed by atoms with Gasteiger partial charge in [0.05, 0.1) is 0 Å². The van der Waals surface area contributed by atoms with Crippen molar-refractivity contribution in [2.24, 2.45) is 0 Å². The maximum atomic E-state index is 11.9. The molecule has 0 N–H and O–H groups in total. The quantitative estimate of drug-likeness (QED) is 0.529. The summed E-state index contributed by atoms with van der Waals surface area (Å²) >= 11 is 5.26. The maximum absolute atomic E-state index is 11.9. The smallest absolute Gasteiger partial charge is 0.201 e. The number of hydrogen-bond acceptors (Lipinski definition) is 0. The first kappa shape index (κ1) is 12.1. The molecule has 0 aromatic carbocycles. The zero-order valence-corrected chi connectivity index (χ0v) is 7.37. The van der Waals surface area contributed by atoms with Gasteiger partial charge in [-0.3, -0.25) is 0 Å². The third-order valence-corrected chi connectivity index (χ3v) is 1.20. The van der Waals surface area contributed by atoms with Crippen LogP contribution in [-0.2, 0) is 0 Å². The molecule has 0 aliphatic carbocycles. The summed E-state index contributed by atoms with van der Waals surface area (Å²) in [4.78, 5) is -4.48. The van der Waals surface area contributed by atoms with Crippen LogP contribution in [-0.4, -0.2) is 10.2 Å². The molecule has 0 bridgehead atoms. The highest BCUT2D eigenvalue weighted by Crippen LogP contribution is 2.40. The first-order chi connectivity index (χ1) is 5.07. The number of rotatable bonds is 2. The van der Waals surface area contributed by atoms with Gasteiger partial charge >= 0.3 is 10.2 Å². The van der Waals surface area contributed by atoms with Crippen LogP contribution in [0, 0.1) is 0 Å². The van der Waals surface area contributed by atoms with Crippen LogP contribution in [0.5, 0.6) is 0 Å². The molecule has 0 rings (SSSR count). The van der Waals surface area contributed by atoms with E-state index in [0.29, 0.717) is 0 Å². The summed E-state index contributed by atoms with van der Waals surface area (Å²) < 4.78 is 70.6. The highest BCUT2D eigenvalue weighted by Gasteiger charge is 2.44. The van der Waals surface area contributed by atoms with Crippen molar-refractivity contribution in [3.63, 3.8) is 0 Å². The fourth-order valence-electron chi connectivity index (χ4n) is 0.249. The van der Waals surface area contributed by atoms with Crippen molar-refractivity contribution in [1.29, 1.82) is 0 Å². The summed E-state index contributed by atoms with van der Waals surface area (Å²) in [6, 6.07) is 0. The first-order valence-electron chi connectivity index (χ1n) is 2.26. The molecule has 0 atom stereocenters. The second-order valence-corrected chi connectivity index (χ2v) is 3.09. The highest BCUT2D eigenvalue weighted by molar-refractivity contribution is 9.10. The van der Waals surface area contributed by atoms with E-state index in [1.165, 1.54) is 15.9 Å². The number of halogens is 8. The predicted molar refractivity (Wildman–Crippen MR) is 33.9 cm³/mol. The predicted octanol–water partition coefficient (Wildman–Crippen LogP) is 3.96. The Balaban J connectivity index is 4.96. The summed E-state index contributed by atoms with van der Waals surface area (Å²) in [5.41, 5.74) is 0. The number of allylic oxidation sites excluding steroid dienone is 2. The Labute approximate surface area is 76.3 Å².